The van der Waals surface area contributed by atoms with Crippen LogP contribution >= 0.6 is 15.9 Å². The Morgan fingerprint density at radius 3 is 2.30 bits per heavy atom. The van der Waals surface area contributed by atoms with Gasteiger partial charge in [-0.05, 0) is 48.5 Å². The van der Waals surface area contributed by atoms with E-state index in [-0.39, 0.29) is 5.04 Å². The summed E-state index contributed by atoms with van der Waals surface area (Å²) in [5, 5.41) is 0.156. The van der Waals surface area contributed by atoms with Gasteiger partial charge in [-0.25, -0.2) is 0 Å². The summed E-state index contributed by atoms with van der Waals surface area (Å²) in [6.45, 7) is 11.2. The van der Waals surface area contributed by atoms with Crippen molar-refractivity contribution in [3.05, 3.63) is 58.6 Å². The van der Waals surface area contributed by atoms with Crippen molar-refractivity contribution in [3.63, 3.8) is 0 Å². The quantitative estimate of drug-likeness (QED) is 0.427. The summed E-state index contributed by atoms with van der Waals surface area (Å²) >= 11 is 3.54. The van der Waals surface area contributed by atoms with E-state index >= 15 is 0 Å². The van der Waals surface area contributed by atoms with E-state index in [2.05, 4.69) is 54.8 Å². The molecule has 23 heavy (non-hydrogen) atoms. The number of aliphatic imine (C=N–C) groups is 1. The minimum absolute atomic E-state index is 0.156. The molecule has 4 heteroatoms. The van der Waals surface area contributed by atoms with E-state index in [0.29, 0.717) is 0 Å². The molecule has 2 aromatic carbocycles. The molecule has 0 aromatic heterocycles. The second-order valence-corrected chi connectivity index (χ2v) is 12.8. The maximum absolute atomic E-state index is 6.48. The van der Waals surface area contributed by atoms with Crippen molar-refractivity contribution >= 4 is 36.1 Å². The van der Waals surface area contributed by atoms with E-state index in [9.17, 15) is 0 Å². The highest BCUT2D eigenvalue weighted by atomic mass is 79.9. The topological polar surface area (TPSA) is 21.6 Å². The van der Waals surface area contributed by atoms with Gasteiger partial charge in [0, 0.05) is 16.3 Å². The monoisotopic (exact) mass is 389 g/mol. The third kappa shape index (κ3) is 4.79. The Kier molecular flexibility index (Phi) is 5.47. The predicted octanol–water partition coefficient (Wildman–Crippen LogP) is 6.58. The van der Waals surface area contributed by atoms with E-state index in [0.717, 1.165) is 21.5 Å². The molecule has 2 rings (SSSR count). The molecular formula is C19H24BrNOSi. The van der Waals surface area contributed by atoms with Crippen LogP contribution in [-0.2, 0) is 0 Å². The Morgan fingerprint density at radius 2 is 1.70 bits per heavy atom. The number of nitrogens with zero attached hydrogens (tertiary/aromatic N) is 1. The number of benzene rings is 2. The summed E-state index contributed by atoms with van der Waals surface area (Å²) in [6.07, 6.45) is 1.88. The highest BCUT2D eigenvalue weighted by Crippen LogP contribution is 2.38. The Bertz CT molecular complexity index is 690. The molecule has 0 fully saturated rings. The minimum atomic E-state index is -1.89. The fourth-order valence-corrected chi connectivity index (χ4v) is 3.16. The van der Waals surface area contributed by atoms with Crippen LogP contribution in [0.1, 0.15) is 26.3 Å². The molecule has 0 saturated carbocycles. The molecule has 0 spiro atoms. The van der Waals surface area contributed by atoms with Crippen LogP contribution in [0.3, 0.4) is 0 Å². The standard InChI is InChI=1S/C19H24BrNOSi/c1-19(2,3)23(4,5)22-18-13-16(20)12-11-15(18)14-21-17-9-7-6-8-10-17/h6-14H,1-5H3/b21-14+. The van der Waals surface area contributed by atoms with Crippen molar-refractivity contribution in [3.8, 4) is 5.75 Å². The van der Waals surface area contributed by atoms with E-state index in [1.165, 1.54) is 0 Å². The fraction of sp³-hybridized carbons (Fsp3) is 0.316. The van der Waals surface area contributed by atoms with E-state index < -0.39 is 8.32 Å². The first kappa shape index (κ1) is 18.0. The van der Waals surface area contributed by atoms with Gasteiger partial charge in [0.1, 0.15) is 5.75 Å². The van der Waals surface area contributed by atoms with E-state index in [1.54, 1.807) is 0 Å². The van der Waals surface area contributed by atoms with Gasteiger partial charge < -0.3 is 4.43 Å². The third-order valence-electron chi connectivity index (χ3n) is 4.26. The Morgan fingerprint density at radius 1 is 1.04 bits per heavy atom. The summed E-state index contributed by atoms with van der Waals surface area (Å²) in [5.74, 6) is 0.894. The lowest BCUT2D eigenvalue weighted by Gasteiger charge is -2.36. The van der Waals surface area contributed by atoms with Gasteiger partial charge in [-0.1, -0.05) is 54.9 Å². The van der Waals surface area contributed by atoms with Gasteiger partial charge in [0.15, 0.2) is 0 Å². The second-order valence-electron chi connectivity index (χ2n) is 7.14. The molecule has 0 aliphatic carbocycles. The van der Waals surface area contributed by atoms with Crippen molar-refractivity contribution < 1.29 is 4.43 Å². The molecular weight excluding hydrogens is 366 g/mol. The summed E-state index contributed by atoms with van der Waals surface area (Å²) in [5.41, 5.74) is 1.94. The summed E-state index contributed by atoms with van der Waals surface area (Å²) in [7, 11) is -1.89. The average Bonchev–Trinajstić information content (AvgIpc) is 2.46. The third-order valence-corrected chi connectivity index (χ3v) is 9.09. The van der Waals surface area contributed by atoms with Gasteiger partial charge in [0.2, 0.25) is 0 Å². The van der Waals surface area contributed by atoms with Crippen LogP contribution < -0.4 is 4.43 Å². The lowest BCUT2D eigenvalue weighted by atomic mass is 10.2. The molecule has 0 atom stereocenters. The lowest BCUT2D eigenvalue weighted by molar-refractivity contribution is 0.491. The highest BCUT2D eigenvalue weighted by Gasteiger charge is 2.39. The smallest absolute Gasteiger partial charge is 0.250 e. The predicted molar refractivity (Wildman–Crippen MR) is 106 cm³/mol. The van der Waals surface area contributed by atoms with Crippen LogP contribution in [0.15, 0.2) is 58.0 Å². The average molecular weight is 390 g/mol. The van der Waals surface area contributed by atoms with Crippen molar-refractivity contribution in [1.29, 1.82) is 0 Å². The Hall–Kier alpha value is -1.39. The minimum Gasteiger partial charge on any atom is -0.543 e. The van der Waals surface area contributed by atoms with Gasteiger partial charge in [0.25, 0.3) is 8.32 Å². The summed E-state index contributed by atoms with van der Waals surface area (Å²) in [6, 6.07) is 16.0. The van der Waals surface area contributed by atoms with Crippen LogP contribution in [-0.4, -0.2) is 14.5 Å². The molecule has 2 nitrogen and oxygen atoms in total. The zero-order valence-corrected chi connectivity index (χ0v) is 17.0. The molecule has 0 amide bonds. The highest BCUT2D eigenvalue weighted by molar-refractivity contribution is 9.10. The number of hydrogen-bond donors (Lipinski definition) is 0. The van der Waals surface area contributed by atoms with Gasteiger partial charge in [-0.3, -0.25) is 4.99 Å². The molecule has 0 bridgehead atoms. The molecule has 122 valence electrons. The molecule has 0 aliphatic heterocycles. The molecule has 0 radical (unpaired) electrons. The summed E-state index contributed by atoms with van der Waals surface area (Å²) < 4.78 is 7.50. The van der Waals surface area contributed by atoms with Crippen LogP contribution in [0, 0.1) is 0 Å². The van der Waals surface area contributed by atoms with Gasteiger partial charge in [-0.2, -0.15) is 0 Å². The van der Waals surface area contributed by atoms with Gasteiger partial charge in [-0.15, -0.1) is 0 Å². The molecule has 0 N–H and O–H groups in total. The summed E-state index contributed by atoms with van der Waals surface area (Å²) in [4.78, 5) is 4.55. The molecule has 0 saturated heterocycles. The first-order chi connectivity index (χ1) is 10.7. The number of rotatable bonds is 4. The van der Waals surface area contributed by atoms with E-state index in [1.807, 2.05) is 54.7 Å². The first-order valence-electron chi connectivity index (χ1n) is 7.77. The molecule has 0 aliphatic rings. The largest absolute Gasteiger partial charge is 0.543 e. The maximum atomic E-state index is 6.48. The molecule has 2 aromatic rings. The van der Waals surface area contributed by atoms with Crippen molar-refractivity contribution in [2.24, 2.45) is 4.99 Å². The van der Waals surface area contributed by atoms with Crippen molar-refractivity contribution in [2.45, 2.75) is 38.9 Å². The molecule has 0 unspecified atom stereocenters. The Balaban J connectivity index is 2.33. The van der Waals surface area contributed by atoms with Crippen LogP contribution in [0.5, 0.6) is 5.75 Å². The van der Waals surface area contributed by atoms with Crippen molar-refractivity contribution in [2.75, 3.05) is 0 Å². The maximum Gasteiger partial charge on any atom is 0.250 e. The normalized spacial score (nSPS) is 12.6. The number of halogens is 1. The zero-order chi connectivity index (χ0) is 17.1. The van der Waals surface area contributed by atoms with Crippen LogP contribution in [0.4, 0.5) is 5.69 Å². The van der Waals surface area contributed by atoms with E-state index in [4.69, 9.17) is 4.43 Å². The second kappa shape index (κ2) is 7.01. The fourth-order valence-electron chi connectivity index (χ4n) is 1.79. The van der Waals surface area contributed by atoms with Crippen molar-refractivity contribution in [1.82, 2.24) is 0 Å². The van der Waals surface area contributed by atoms with Crippen LogP contribution in [0.2, 0.25) is 18.1 Å². The first-order valence-corrected chi connectivity index (χ1v) is 11.5. The Labute approximate surface area is 148 Å². The van der Waals surface area contributed by atoms with Gasteiger partial charge in [0.05, 0.1) is 5.69 Å². The number of para-hydroxylation sites is 1. The van der Waals surface area contributed by atoms with Gasteiger partial charge >= 0.3 is 0 Å². The number of hydrogen-bond acceptors (Lipinski definition) is 2. The zero-order valence-electron chi connectivity index (χ0n) is 14.4. The SMILES string of the molecule is CC(C)(C)[Si](C)(C)Oc1cc(Br)ccc1/C=N/c1ccccc1. The lowest BCUT2D eigenvalue weighted by Crippen LogP contribution is -2.44. The molecule has 0 heterocycles. The van der Waals surface area contributed by atoms with Crippen LogP contribution in [0.25, 0.3) is 0 Å².